The van der Waals surface area contributed by atoms with Gasteiger partial charge < -0.3 is 29.7 Å². The maximum atomic E-state index is 14.3. The highest BCUT2D eigenvalue weighted by molar-refractivity contribution is 8.00. The maximum Gasteiger partial charge on any atom is 0.355 e. The van der Waals surface area contributed by atoms with Crippen LogP contribution in [0.2, 0.25) is 0 Å². The minimum atomic E-state index is -1.20. The number of allylic oxidation sites excluding steroid dienone is 3. The molecule has 14 heteroatoms. The molecule has 12 nitrogen and oxygen atoms in total. The fourth-order valence-electron chi connectivity index (χ4n) is 6.87. The lowest BCUT2D eigenvalue weighted by atomic mass is 9.77. The van der Waals surface area contributed by atoms with Crippen LogP contribution < -0.4 is 15.4 Å². The maximum absolute atomic E-state index is 14.3. The Labute approximate surface area is 363 Å². The molecule has 2 aliphatic rings. The first-order valence-corrected chi connectivity index (χ1v) is 21.3. The van der Waals surface area contributed by atoms with Crippen molar-refractivity contribution in [2.24, 2.45) is 5.16 Å². The van der Waals surface area contributed by atoms with Gasteiger partial charge in [0.15, 0.2) is 10.8 Å². The van der Waals surface area contributed by atoms with E-state index in [1.807, 2.05) is 54.6 Å². The molecule has 2 N–H and O–H groups in total. The lowest BCUT2D eigenvalue weighted by molar-refractivity contribution is -0.197. The number of rotatable bonds is 17. The number of anilines is 1. The third-order valence-electron chi connectivity index (χ3n) is 10.2. The zero-order chi connectivity index (χ0) is 43.0. The quantitative estimate of drug-likeness (QED) is 0.0181. The molecule has 0 spiro atoms. The molecule has 312 valence electrons. The Kier molecular flexibility index (Phi) is 13.2. The molecule has 2 aliphatic heterocycles. The molecule has 0 radical (unpaired) electrons. The van der Waals surface area contributed by atoms with E-state index in [0.717, 1.165) is 22.3 Å². The fourth-order valence-corrected chi connectivity index (χ4v) is 8.94. The summed E-state index contributed by atoms with van der Waals surface area (Å²) in [7, 11) is 3.03. The Morgan fingerprint density at radius 1 is 0.918 bits per heavy atom. The number of thioether (sulfide) groups is 1. The van der Waals surface area contributed by atoms with E-state index in [9.17, 15) is 14.4 Å². The van der Waals surface area contributed by atoms with E-state index in [1.165, 1.54) is 35.1 Å². The number of aromatic nitrogens is 1. The monoisotopic (exact) mass is 855 g/mol. The molecule has 0 aliphatic carbocycles. The van der Waals surface area contributed by atoms with Crippen molar-refractivity contribution < 1.29 is 33.4 Å². The van der Waals surface area contributed by atoms with Crippen molar-refractivity contribution in [1.82, 2.24) is 15.2 Å². The lowest BCUT2D eigenvalue weighted by Crippen LogP contribution is -2.71. The van der Waals surface area contributed by atoms with E-state index in [0.29, 0.717) is 22.2 Å². The van der Waals surface area contributed by atoms with Gasteiger partial charge in [0.2, 0.25) is 5.79 Å². The van der Waals surface area contributed by atoms with Gasteiger partial charge in [-0.1, -0.05) is 133 Å². The summed E-state index contributed by atoms with van der Waals surface area (Å²) in [5.74, 6) is -2.01. The highest BCUT2D eigenvalue weighted by Crippen LogP contribution is 2.42. The Morgan fingerprint density at radius 2 is 1.52 bits per heavy atom. The smallest absolute Gasteiger partial charge is 0.355 e. The van der Waals surface area contributed by atoms with Gasteiger partial charge in [-0.3, -0.25) is 14.5 Å². The summed E-state index contributed by atoms with van der Waals surface area (Å²) in [6.45, 7) is 7.03. The Hall–Kier alpha value is -6.48. The van der Waals surface area contributed by atoms with Crippen molar-refractivity contribution in [3.05, 3.63) is 185 Å². The van der Waals surface area contributed by atoms with Crippen LogP contribution in [0.1, 0.15) is 41.8 Å². The van der Waals surface area contributed by atoms with Crippen LogP contribution in [0.3, 0.4) is 0 Å². The third-order valence-corrected chi connectivity index (χ3v) is 12.2. The number of nitrogens with one attached hydrogen (secondary N) is 2. The second-order valence-electron chi connectivity index (χ2n) is 14.4. The first kappa shape index (κ1) is 42.6. The molecule has 61 heavy (non-hydrogen) atoms. The SMILES string of the molecule is C=C/C=C/C1=C(C(=O)OCc2ccc(OC)cc2)N2C(=O)[C@@H](NC(=O)/C(=N\OC(C)(C)OC)c3csc(NC(c4ccccc4)(c4ccccc4)c4ccccc4)n3)[C@@H]2SC1. The molecule has 5 aromatic rings. The number of methoxy groups -OCH3 is 2. The number of esters is 1. The summed E-state index contributed by atoms with van der Waals surface area (Å²) in [5.41, 5.74) is 3.52. The van der Waals surface area contributed by atoms with Gasteiger partial charge in [0.1, 0.15) is 40.7 Å². The fraction of sp³-hybridized carbons (Fsp3) is 0.213. The number of amides is 2. The van der Waals surface area contributed by atoms with Crippen LogP contribution in [-0.4, -0.2) is 70.6 Å². The zero-order valence-corrected chi connectivity index (χ0v) is 35.7. The largest absolute Gasteiger partial charge is 0.497 e. The second kappa shape index (κ2) is 18.8. The highest BCUT2D eigenvalue weighted by atomic mass is 32.2. The number of hydrogen-bond acceptors (Lipinski definition) is 12. The number of thiazole rings is 1. The minimum Gasteiger partial charge on any atom is -0.497 e. The number of carbonyl (C=O) groups is 3. The van der Waals surface area contributed by atoms with E-state index in [-0.39, 0.29) is 23.7 Å². The molecule has 2 atom stereocenters. The number of carbonyl (C=O) groups excluding carboxylic acids is 3. The van der Waals surface area contributed by atoms with Crippen molar-refractivity contribution in [1.29, 1.82) is 0 Å². The second-order valence-corrected chi connectivity index (χ2v) is 16.4. The number of β-lactam (4-membered cyclic amide) rings is 1. The van der Waals surface area contributed by atoms with Crippen molar-refractivity contribution in [3.8, 4) is 5.75 Å². The molecule has 4 aromatic carbocycles. The first-order valence-electron chi connectivity index (χ1n) is 19.4. The molecular weight excluding hydrogens is 811 g/mol. The average Bonchev–Trinajstić information content (AvgIpc) is 3.76. The van der Waals surface area contributed by atoms with Crippen LogP contribution in [0.4, 0.5) is 5.13 Å². The van der Waals surface area contributed by atoms with Crippen LogP contribution in [0.25, 0.3) is 0 Å². The van der Waals surface area contributed by atoms with Crippen LogP contribution in [0, 0.1) is 0 Å². The number of fused-ring (bicyclic) bond motifs is 1. The standard InChI is InChI=1S/C47H45N5O7S2/c1-6-7-17-32-29-60-43-39(42(54)52(43)40(32)44(55)58-28-31-24-26-36(56-4)27-25-31)49-41(53)38(51-59-46(2,3)57-5)37-30-61-45(48-37)50-47(33-18-11-8-12-19-33,34-20-13-9-14-21-34)35-22-15-10-16-23-35/h6-27,30,39,43H,1,28-29H2,2-5H3,(H,48,50)(H,49,53)/b17-7+,51-38-/t39-,43+/m1/s1. The van der Waals surface area contributed by atoms with Gasteiger partial charge in [-0.25, -0.2) is 9.78 Å². The molecule has 1 saturated heterocycles. The molecule has 0 saturated carbocycles. The molecular formula is C47H45N5O7S2. The number of oxime groups is 1. The van der Waals surface area contributed by atoms with Crippen LogP contribution in [-0.2, 0) is 40.8 Å². The molecule has 1 aromatic heterocycles. The minimum absolute atomic E-state index is 0.0178. The predicted octanol–water partition coefficient (Wildman–Crippen LogP) is 7.80. The summed E-state index contributed by atoms with van der Waals surface area (Å²) >= 11 is 2.70. The molecule has 0 bridgehead atoms. The summed E-state index contributed by atoms with van der Waals surface area (Å²) < 4.78 is 16.4. The number of nitrogens with zero attached hydrogens (tertiary/aromatic N) is 3. The molecule has 2 amide bonds. The van der Waals surface area contributed by atoms with Gasteiger partial charge in [-0.05, 0) is 40.0 Å². The predicted molar refractivity (Wildman–Crippen MR) is 238 cm³/mol. The summed E-state index contributed by atoms with van der Waals surface area (Å²) in [6.07, 6.45) is 5.01. The van der Waals surface area contributed by atoms with Crippen LogP contribution in [0.15, 0.2) is 162 Å². The summed E-state index contributed by atoms with van der Waals surface area (Å²) in [4.78, 5) is 54.0. The number of ether oxygens (including phenoxy) is 3. The van der Waals surface area contributed by atoms with Crippen molar-refractivity contribution >= 4 is 51.7 Å². The highest BCUT2D eigenvalue weighted by Gasteiger charge is 2.54. The number of hydrogen-bond donors (Lipinski definition) is 2. The molecule has 0 unspecified atom stereocenters. The Morgan fingerprint density at radius 3 is 2.08 bits per heavy atom. The third kappa shape index (κ3) is 9.16. The van der Waals surface area contributed by atoms with Crippen molar-refractivity contribution in [2.45, 2.75) is 43.2 Å². The number of benzene rings is 4. The summed E-state index contributed by atoms with van der Waals surface area (Å²) in [5, 5.41) is 12.5. The van der Waals surface area contributed by atoms with Gasteiger partial charge >= 0.3 is 5.97 Å². The van der Waals surface area contributed by atoms with Gasteiger partial charge in [0.05, 0.1) is 7.11 Å². The van der Waals surface area contributed by atoms with Gasteiger partial charge in [-0.2, -0.15) is 0 Å². The van der Waals surface area contributed by atoms with Gasteiger partial charge in [-0.15, -0.1) is 23.1 Å². The van der Waals surface area contributed by atoms with Crippen molar-refractivity contribution in [2.75, 3.05) is 25.3 Å². The van der Waals surface area contributed by atoms with E-state index >= 15 is 0 Å². The van der Waals surface area contributed by atoms with Crippen molar-refractivity contribution in [3.63, 3.8) is 0 Å². The average molecular weight is 856 g/mol. The van der Waals surface area contributed by atoms with E-state index < -0.39 is 40.5 Å². The van der Waals surface area contributed by atoms with E-state index in [2.05, 4.69) is 58.8 Å². The van der Waals surface area contributed by atoms with E-state index in [4.69, 9.17) is 24.0 Å². The van der Waals surface area contributed by atoms with Crippen LogP contribution in [0.5, 0.6) is 5.75 Å². The first-order chi connectivity index (χ1) is 29.6. The topological polar surface area (TPSA) is 141 Å². The normalized spacial score (nSPS) is 16.7. The molecule has 7 rings (SSSR count). The van der Waals surface area contributed by atoms with Gasteiger partial charge in [0, 0.05) is 32.1 Å². The van der Waals surface area contributed by atoms with Crippen LogP contribution >= 0.6 is 23.1 Å². The summed E-state index contributed by atoms with van der Waals surface area (Å²) in [6, 6.07) is 36.4. The lowest BCUT2D eigenvalue weighted by Gasteiger charge is -2.49. The zero-order valence-electron chi connectivity index (χ0n) is 34.1. The van der Waals surface area contributed by atoms with Gasteiger partial charge in [0.25, 0.3) is 11.8 Å². The Balaban J connectivity index is 1.17. The molecule has 3 heterocycles. The Bertz CT molecular complexity index is 2360. The molecule has 1 fully saturated rings. The van der Waals surface area contributed by atoms with E-state index in [1.54, 1.807) is 68.8 Å².